The third-order valence-corrected chi connectivity index (χ3v) is 6.09. The minimum Gasteiger partial charge on any atom is -0.405 e. The number of nitrogens with two attached hydrogens (primary N) is 1. The number of hydrogen-bond acceptors (Lipinski definition) is 6. The van der Waals surface area contributed by atoms with Gasteiger partial charge in [-0.3, -0.25) is 9.79 Å². The fraction of sp³-hybridized carbons (Fsp3) is 0.333. The fourth-order valence-corrected chi connectivity index (χ4v) is 4.22. The second-order valence-electron chi connectivity index (χ2n) is 6.86. The number of nitrogens with zero attached hydrogens (tertiary/aromatic N) is 3. The van der Waals surface area contributed by atoms with Gasteiger partial charge in [-0.1, -0.05) is 12.1 Å². The smallest absolute Gasteiger partial charge is 0.268 e. The molecule has 0 radical (unpaired) electrons. The zero-order valence-electron chi connectivity index (χ0n) is 17.1. The van der Waals surface area contributed by atoms with Crippen molar-refractivity contribution in [2.75, 3.05) is 32.0 Å². The predicted octanol–water partition coefficient (Wildman–Crippen LogP) is 2.54. The van der Waals surface area contributed by atoms with Crippen LogP contribution in [-0.4, -0.2) is 47.2 Å². The summed E-state index contributed by atoms with van der Waals surface area (Å²) < 4.78 is 4.19. The van der Waals surface area contributed by atoms with Crippen molar-refractivity contribution in [3.05, 3.63) is 59.6 Å². The predicted molar refractivity (Wildman–Crippen MR) is 120 cm³/mol. The first-order valence-electron chi connectivity index (χ1n) is 9.57. The lowest BCUT2D eigenvalue weighted by Crippen LogP contribution is -2.30. The summed E-state index contributed by atoms with van der Waals surface area (Å²) in [7, 11) is 3.81. The highest BCUT2D eigenvalue weighted by Crippen LogP contribution is 2.29. The van der Waals surface area contributed by atoms with Crippen molar-refractivity contribution in [1.29, 1.82) is 0 Å². The summed E-state index contributed by atoms with van der Waals surface area (Å²) in [6, 6.07) is 9.97. The van der Waals surface area contributed by atoms with Crippen molar-refractivity contribution in [1.82, 2.24) is 14.2 Å². The first kappa shape index (κ1) is 21.0. The SMILES string of the molecule is CNc1cccc(CNC(=O)c2cc(SN3CCN=C(/C=C\N)C3)c(C)n2C)c1. The largest absolute Gasteiger partial charge is 0.405 e. The van der Waals surface area contributed by atoms with E-state index in [1.807, 2.05) is 62.0 Å². The average molecular weight is 413 g/mol. The molecule has 0 spiro atoms. The topological polar surface area (TPSA) is 87.7 Å². The van der Waals surface area contributed by atoms with Crippen molar-refractivity contribution in [2.45, 2.75) is 18.4 Å². The van der Waals surface area contributed by atoms with Crippen molar-refractivity contribution in [3.8, 4) is 0 Å². The van der Waals surface area contributed by atoms with Crippen molar-refractivity contribution < 1.29 is 4.79 Å². The van der Waals surface area contributed by atoms with Crippen LogP contribution in [0.15, 0.2) is 52.5 Å². The number of amides is 1. The maximum Gasteiger partial charge on any atom is 0.268 e. The van der Waals surface area contributed by atoms with Crippen LogP contribution in [0.2, 0.25) is 0 Å². The molecule has 8 heteroatoms. The Balaban J connectivity index is 1.66. The van der Waals surface area contributed by atoms with Crippen molar-refractivity contribution >= 4 is 29.3 Å². The molecular weight excluding hydrogens is 384 g/mol. The fourth-order valence-electron chi connectivity index (χ4n) is 3.14. The summed E-state index contributed by atoms with van der Waals surface area (Å²) >= 11 is 1.66. The Morgan fingerprint density at radius 2 is 2.21 bits per heavy atom. The van der Waals surface area contributed by atoms with Crippen LogP contribution in [0.1, 0.15) is 21.7 Å². The Kier molecular flexibility index (Phi) is 7.00. The van der Waals surface area contributed by atoms with Gasteiger partial charge in [0.25, 0.3) is 5.91 Å². The molecule has 7 nitrogen and oxygen atoms in total. The third-order valence-electron chi connectivity index (χ3n) is 4.91. The van der Waals surface area contributed by atoms with Gasteiger partial charge >= 0.3 is 0 Å². The summed E-state index contributed by atoms with van der Waals surface area (Å²) in [5, 5.41) is 6.14. The quantitative estimate of drug-likeness (QED) is 0.609. The van der Waals surface area contributed by atoms with Crippen LogP contribution < -0.4 is 16.4 Å². The first-order valence-corrected chi connectivity index (χ1v) is 10.3. The molecule has 0 unspecified atom stereocenters. The minimum atomic E-state index is -0.0794. The highest BCUT2D eigenvalue weighted by molar-refractivity contribution is 7.97. The van der Waals surface area contributed by atoms with E-state index in [1.165, 1.54) is 6.20 Å². The van der Waals surface area contributed by atoms with E-state index < -0.39 is 0 Å². The summed E-state index contributed by atoms with van der Waals surface area (Å²) in [5.74, 6) is -0.0794. The average Bonchev–Trinajstić information content (AvgIpc) is 3.01. The summed E-state index contributed by atoms with van der Waals surface area (Å²) in [4.78, 5) is 18.3. The number of carbonyl (C=O) groups is 1. The molecule has 0 bridgehead atoms. The molecule has 1 amide bonds. The lowest BCUT2D eigenvalue weighted by atomic mass is 10.2. The van der Waals surface area contributed by atoms with Crippen LogP contribution in [0.5, 0.6) is 0 Å². The number of aliphatic imine (C=N–C) groups is 1. The second kappa shape index (κ2) is 9.67. The zero-order chi connectivity index (χ0) is 20.8. The van der Waals surface area contributed by atoms with Gasteiger partial charge in [-0.25, -0.2) is 4.31 Å². The number of rotatable bonds is 7. The minimum absolute atomic E-state index is 0.0794. The molecule has 3 rings (SSSR count). The molecule has 0 aliphatic carbocycles. The third kappa shape index (κ3) is 5.21. The Morgan fingerprint density at radius 3 is 2.97 bits per heavy atom. The molecular formula is C21H28N6OS. The zero-order valence-corrected chi connectivity index (χ0v) is 17.9. The highest BCUT2D eigenvalue weighted by atomic mass is 32.2. The Bertz CT molecular complexity index is 933. The number of anilines is 1. The van der Waals surface area contributed by atoms with Crippen LogP contribution in [0.25, 0.3) is 0 Å². The molecule has 2 heterocycles. The van der Waals surface area contributed by atoms with E-state index in [0.717, 1.165) is 47.2 Å². The lowest BCUT2D eigenvalue weighted by Gasteiger charge is -2.24. The molecule has 1 aliphatic heterocycles. The van der Waals surface area contributed by atoms with Gasteiger partial charge in [0.15, 0.2) is 0 Å². The number of carbonyl (C=O) groups excluding carboxylic acids is 1. The van der Waals surface area contributed by atoms with Gasteiger partial charge in [-0.15, -0.1) is 0 Å². The Labute approximate surface area is 176 Å². The number of nitrogens with one attached hydrogen (secondary N) is 2. The van der Waals surface area contributed by atoms with E-state index >= 15 is 0 Å². The summed E-state index contributed by atoms with van der Waals surface area (Å²) in [6.07, 6.45) is 3.36. The summed E-state index contributed by atoms with van der Waals surface area (Å²) in [6.45, 7) is 4.87. The van der Waals surface area contributed by atoms with E-state index in [1.54, 1.807) is 11.9 Å². The molecule has 29 heavy (non-hydrogen) atoms. The molecule has 4 N–H and O–H groups in total. The van der Waals surface area contributed by atoms with E-state index in [2.05, 4.69) is 19.9 Å². The standard InChI is InChI=1S/C21H28N6OS/c1-15-20(29-27-10-9-24-18(14-27)7-8-22)12-19(26(15)3)21(28)25-13-16-5-4-6-17(11-16)23-2/h4-8,11-12,23H,9-10,13-14,22H2,1-3H3,(H,25,28)/b8-7-. The summed E-state index contributed by atoms with van der Waals surface area (Å²) in [5.41, 5.74) is 10.3. The van der Waals surface area contributed by atoms with Gasteiger partial charge in [0.05, 0.1) is 18.8 Å². The maximum absolute atomic E-state index is 12.8. The monoisotopic (exact) mass is 412 g/mol. The molecule has 0 saturated carbocycles. The van der Waals surface area contributed by atoms with Crippen LogP contribution in [-0.2, 0) is 13.6 Å². The van der Waals surface area contributed by atoms with Crippen LogP contribution >= 0.6 is 11.9 Å². The van der Waals surface area contributed by atoms with Gasteiger partial charge in [-0.05, 0) is 54.9 Å². The highest BCUT2D eigenvalue weighted by Gasteiger charge is 2.20. The number of benzene rings is 1. The van der Waals surface area contributed by atoms with Crippen LogP contribution in [0.3, 0.4) is 0 Å². The molecule has 0 saturated heterocycles. The molecule has 0 atom stereocenters. The van der Waals surface area contributed by atoms with Crippen molar-refractivity contribution in [3.63, 3.8) is 0 Å². The van der Waals surface area contributed by atoms with Gasteiger partial charge in [0, 0.05) is 43.5 Å². The molecule has 0 fully saturated rings. The van der Waals surface area contributed by atoms with Crippen molar-refractivity contribution in [2.24, 2.45) is 17.8 Å². The molecule has 1 aliphatic rings. The second-order valence-corrected chi connectivity index (χ2v) is 8.00. The van der Waals surface area contributed by atoms with Gasteiger partial charge in [-0.2, -0.15) is 0 Å². The van der Waals surface area contributed by atoms with Gasteiger partial charge < -0.3 is 20.9 Å². The Morgan fingerprint density at radius 1 is 1.38 bits per heavy atom. The number of aromatic nitrogens is 1. The van der Waals surface area contributed by atoms with Crippen LogP contribution in [0, 0.1) is 6.92 Å². The molecule has 1 aromatic carbocycles. The Hall–Kier alpha value is -2.71. The van der Waals surface area contributed by atoms with E-state index in [9.17, 15) is 4.79 Å². The molecule has 2 aromatic rings. The van der Waals surface area contributed by atoms with E-state index in [0.29, 0.717) is 12.2 Å². The molecule has 154 valence electrons. The normalized spacial score (nSPS) is 14.8. The van der Waals surface area contributed by atoms with E-state index in [4.69, 9.17) is 5.73 Å². The van der Waals surface area contributed by atoms with Gasteiger partial charge in [0.2, 0.25) is 0 Å². The van der Waals surface area contributed by atoms with E-state index in [-0.39, 0.29) is 5.91 Å². The number of hydrogen-bond donors (Lipinski definition) is 3. The van der Waals surface area contributed by atoms with Gasteiger partial charge in [0.1, 0.15) is 5.69 Å². The first-order chi connectivity index (χ1) is 14.0. The molecule has 1 aromatic heterocycles. The maximum atomic E-state index is 12.8. The lowest BCUT2D eigenvalue weighted by molar-refractivity contribution is 0.0942. The van der Waals surface area contributed by atoms with Crippen LogP contribution in [0.4, 0.5) is 5.69 Å².